The molecule has 1 unspecified atom stereocenters. The lowest BCUT2D eigenvalue weighted by Gasteiger charge is -2.34. The molecule has 1 amide bonds. The summed E-state index contributed by atoms with van der Waals surface area (Å²) >= 11 is 2.71. The molecule has 0 aliphatic carbocycles. The van der Waals surface area contributed by atoms with Crippen LogP contribution in [0, 0.1) is 6.92 Å². The maximum absolute atomic E-state index is 13.4. The van der Waals surface area contributed by atoms with E-state index in [0.717, 1.165) is 37.7 Å². The average Bonchev–Trinajstić information content (AvgIpc) is 3.42. The highest BCUT2D eigenvalue weighted by Crippen LogP contribution is 2.32. The van der Waals surface area contributed by atoms with Crippen molar-refractivity contribution < 1.29 is 13.2 Å². The second kappa shape index (κ2) is 7.83. The van der Waals surface area contributed by atoms with E-state index in [1.54, 1.807) is 34.9 Å². The molecule has 9 heteroatoms. The van der Waals surface area contributed by atoms with Crippen LogP contribution in [-0.2, 0) is 27.8 Å². The van der Waals surface area contributed by atoms with Gasteiger partial charge in [0.25, 0.3) is 10.0 Å². The normalized spacial score (nSPS) is 16.9. The van der Waals surface area contributed by atoms with Crippen LogP contribution in [0.4, 0.5) is 5.69 Å². The minimum absolute atomic E-state index is 0.168. The molecular formula is C22H19N3O3S3. The molecule has 4 aromatic rings. The summed E-state index contributed by atoms with van der Waals surface area (Å²) in [5.74, 6) is -0.338. The lowest BCUT2D eigenvalue weighted by molar-refractivity contribution is -0.120. The minimum atomic E-state index is -3.80. The number of aromatic nitrogens is 1. The van der Waals surface area contributed by atoms with E-state index in [4.69, 9.17) is 0 Å². The van der Waals surface area contributed by atoms with E-state index in [9.17, 15) is 13.2 Å². The van der Waals surface area contributed by atoms with Gasteiger partial charge < -0.3 is 5.32 Å². The lowest BCUT2D eigenvalue weighted by atomic mass is 9.95. The first kappa shape index (κ1) is 20.3. The Morgan fingerprint density at radius 2 is 1.94 bits per heavy atom. The van der Waals surface area contributed by atoms with Gasteiger partial charge in [-0.3, -0.25) is 4.79 Å². The molecular weight excluding hydrogens is 450 g/mol. The summed E-state index contributed by atoms with van der Waals surface area (Å²) < 4.78 is 29.3. The zero-order valence-corrected chi connectivity index (χ0v) is 19.1. The molecule has 0 saturated carbocycles. The van der Waals surface area contributed by atoms with Crippen LogP contribution in [0.1, 0.15) is 16.1 Å². The van der Waals surface area contributed by atoms with Crippen LogP contribution in [0.2, 0.25) is 0 Å². The summed E-state index contributed by atoms with van der Waals surface area (Å²) in [5, 5.41) is 5.61. The van der Waals surface area contributed by atoms with Gasteiger partial charge in [-0.25, -0.2) is 13.4 Å². The zero-order chi connectivity index (χ0) is 21.6. The van der Waals surface area contributed by atoms with Crippen molar-refractivity contribution in [1.82, 2.24) is 9.29 Å². The van der Waals surface area contributed by atoms with Crippen molar-refractivity contribution in [3.05, 3.63) is 76.1 Å². The van der Waals surface area contributed by atoms with Crippen LogP contribution in [0.25, 0.3) is 10.2 Å². The van der Waals surface area contributed by atoms with Crippen molar-refractivity contribution in [2.75, 3.05) is 5.32 Å². The van der Waals surface area contributed by atoms with E-state index in [0.29, 0.717) is 12.1 Å². The van der Waals surface area contributed by atoms with Gasteiger partial charge in [-0.15, -0.1) is 22.7 Å². The van der Waals surface area contributed by atoms with Gasteiger partial charge in [0.05, 0.1) is 15.2 Å². The summed E-state index contributed by atoms with van der Waals surface area (Å²) in [7, 11) is -3.80. The molecule has 5 rings (SSSR count). The third-order valence-corrected chi connectivity index (χ3v) is 9.49. The molecule has 31 heavy (non-hydrogen) atoms. The van der Waals surface area contributed by atoms with Gasteiger partial charge >= 0.3 is 0 Å². The summed E-state index contributed by atoms with van der Waals surface area (Å²) in [6, 6.07) is 15.7. The molecule has 1 aliphatic heterocycles. The lowest BCUT2D eigenvalue weighted by Crippen LogP contribution is -2.50. The largest absolute Gasteiger partial charge is 0.325 e. The molecule has 1 aliphatic rings. The Morgan fingerprint density at radius 1 is 1.13 bits per heavy atom. The fraction of sp³-hybridized carbons (Fsp3) is 0.182. The van der Waals surface area contributed by atoms with Gasteiger partial charge in [-0.1, -0.05) is 30.3 Å². The van der Waals surface area contributed by atoms with Gasteiger partial charge in [0.1, 0.15) is 10.3 Å². The summed E-state index contributed by atoms with van der Waals surface area (Å²) in [5.41, 5.74) is 3.43. The number of sulfonamides is 1. The molecule has 2 aromatic heterocycles. The summed E-state index contributed by atoms with van der Waals surface area (Å²) in [6.07, 6.45) is 0.328. The zero-order valence-electron chi connectivity index (χ0n) is 16.6. The Bertz CT molecular complexity index is 1380. The Kier molecular flexibility index (Phi) is 5.13. The number of aryl methyl sites for hydroxylation is 1. The van der Waals surface area contributed by atoms with Gasteiger partial charge in [0, 0.05) is 12.2 Å². The quantitative estimate of drug-likeness (QED) is 0.480. The van der Waals surface area contributed by atoms with Crippen LogP contribution in [-0.4, -0.2) is 29.7 Å². The first-order valence-electron chi connectivity index (χ1n) is 9.72. The van der Waals surface area contributed by atoms with Crippen LogP contribution in [0.5, 0.6) is 0 Å². The molecule has 0 saturated heterocycles. The van der Waals surface area contributed by atoms with Crippen LogP contribution < -0.4 is 5.32 Å². The van der Waals surface area contributed by atoms with Gasteiger partial charge in [-0.2, -0.15) is 4.31 Å². The third-order valence-electron chi connectivity index (χ3n) is 5.33. The molecule has 3 heterocycles. The number of nitrogens with zero attached hydrogens (tertiary/aromatic N) is 2. The monoisotopic (exact) mass is 469 g/mol. The first-order chi connectivity index (χ1) is 14.9. The molecule has 0 fully saturated rings. The SMILES string of the molecule is Cc1nc2ccc(NC(=O)C3Cc4ccccc4CN3S(=O)(=O)c3cccs3)cc2s1. The van der Waals surface area contributed by atoms with Crippen molar-refractivity contribution in [2.24, 2.45) is 0 Å². The smallest absolute Gasteiger partial charge is 0.253 e. The molecule has 0 spiro atoms. The number of nitrogens with one attached hydrogen (secondary N) is 1. The number of carbonyl (C=O) groups excluding carboxylic acids is 1. The average molecular weight is 470 g/mol. The fourth-order valence-electron chi connectivity index (χ4n) is 3.84. The molecule has 0 bridgehead atoms. The molecule has 1 atom stereocenters. The molecule has 158 valence electrons. The number of benzene rings is 2. The molecule has 6 nitrogen and oxygen atoms in total. The van der Waals surface area contributed by atoms with Crippen molar-refractivity contribution in [3.8, 4) is 0 Å². The van der Waals surface area contributed by atoms with Crippen LogP contribution in [0.3, 0.4) is 0 Å². The number of thiazole rings is 1. The van der Waals surface area contributed by atoms with E-state index < -0.39 is 16.1 Å². The Hall–Kier alpha value is -2.59. The van der Waals surface area contributed by atoms with Crippen molar-refractivity contribution in [2.45, 2.75) is 30.1 Å². The Morgan fingerprint density at radius 3 is 2.71 bits per heavy atom. The highest BCUT2D eigenvalue weighted by molar-refractivity contribution is 7.91. The highest BCUT2D eigenvalue weighted by atomic mass is 32.2. The summed E-state index contributed by atoms with van der Waals surface area (Å²) in [6.45, 7) is 2.11. The highest BCUT2D eigenvalue weighted by Gasteiger charge is 2.40. The standard InChI is InChI=1S/C22H19N3O3S3/c1-14-23-18-9-8-17(12-20(18)30-14)24-22(26)19-11-15-5-2-3-6-16(15)13-25(19)31(27,28)21-7-4-10-29-21/h2-10,12,19H,11,13H2,1H3,(H,24,26). The molecule has 1 N–H and O–H groups in total. The number of hydrogen-bond donors (Lipinski definition) is 1. The van der Waals surface area contributed by atoms with E-state index in [2.05, 4.69) is 10.3 Å². The number of hydrogen-bond acceptors (Lipinski definition) is 6. The van der Waals surface area contributed by atoms with Crippen LogP contribution in [0.15, 0.2) is 64.2 Å². The second-order valence-corrected chi connectivity index (χ2v) is 11.7. The predicted octanol–water partition coefficient (Wildman–Crippen LogP) is 4.42. The number of carbonyl (C=O) groups is 1. The van der Waals surface area contributed by atoms with Crippen molar-refractivity contribution in [1.29, 1.82) is 0 Å². The number of amides is 1. The number of anilines is 1. The fourth-order valence-corrected chi connectivity index (χ4v) is 7.40. The number of thiophene rings is 1. The third kappa shape index (κ3) is 3.78. The topological polar surface area (TPSA) is 79.4 Å². The first-order valence-corrected chi connectivity index (χ1v) is 12.9. The van der Waals surface area contributed by atoms with E-state index in [-0.39, 0.29) is 16.7 Å². The predicted molar refractivity (Wildman–Crippen MR) is 124 cm³/mol. The second-order valence-electron chi connectivity index (χ2n) is 7.38. The van der Waals surface area contributed by atoms with E-state index in [1.165, 1.54) is 4.31 Å². The van der Waals surface area contributed by atoms with Crippen molar-refractivity contribution >= 4 is 54.5 Å². The van der Waals surface area contributed by atoms with E-state index in [1.807, 2.05) is 43.3 Å². The molecule has 0 radical (unpaired) electrons. The van der Waals surface area contributed by atoms with Gasteiger partial charge in [0.2, 0.25) is 5.91 Å². The molecule has 2 aromatic carbocycles. The van der Waals surface area contributed by atoms with Crippen LogP contribution >= 0.6 is 22.7 Å². The van der Waals surface area contributed by atoms with Gasteiger partial charge in [0.15, 0.2) is 0 Å². The maximum Gasteiger partial charge on any atom is 0.253 e. The Balaban J connectivity index is 1.49. The Labute approximate surface area is 188 Å². The maximum atomic E-state index is 13.4. The summed E-state index contributed by atoms with van der Waals surface area (Å²) in [4.78, 5) is 17.8. The van der Waals surface area contributed by atoms with Crippen molar-refractivity contribution in [3.63, 3.8) is 0 Å². The number of rotatable bonds is 4. The van der Waals surface area contributed by atoms with Gasteiger partial charge in [-0.05, 0) is 54.1 Å². The number of fused-ring (bicyclic) bond motifs is 2. The van der Waals surface area contributed by atoms with E-state index >= 15 is 0 Å². The minimum Gasteiger partial charge on any atom is -0.325 e.